The summed E-state index contributed by atoms with van der Waals surface area (Å²) in [6.07, 6.45) is 48.3. The minimum absolute atomic E-state index is 0.165. The number of aliphatic carboxylic acids is 1. The van der Waals surface area contributed by atoms with Crippen molar-refractivity contribution in [1.29, 1.82) is 0 Å². The first-order chi connectivity index (χ1) is 22.4. The average molecular weight is 675 g/mol. The van der Waals surface area contributed by atoms with Crippen molar-refractivity contribution < 1.29 is 28.8 Å². The number of unbranched alkanes of at least 4 members (excludes halogenated alkanes) is 35. The maximum absolute atomic E-state index is 10.6. The normalized spacial score (nSPS) is 11.9. The molecular weight excluding hydrogens is 595 g/mol. The fourth-order valence-electron chi connectivity index (χ4n) is 6.57. The van der Waals surface area contributed by atoms with Crippen LogP contribution in [0.3, 0.4) is 0 Å². The summed E-state index contributed by atoms with van der Waals surface area (Å²) in [6.45, 7) is 0.165. The Morgan fingerprint density at radius 3 is 0.696 bits per heavy atom. The quantitative estimate of drug-likeness (QED) is 0.0441. The van der Waals surface area contributed by atoms with Gasteiger partial charge < -0.3 is 14.9 Å². The van der Waals surface area contributed by atoms with Gasteiger partial charge >= 0.3 is 13.8 Å². The van der Waals surface area contributed by atoms with Crippen LogP contribution in [0.2, 0.25) is 0 Å². The van der Waals surface area contributed by atoms with Crippen molar-refractivity contribution >= 4 is 13.8 Å². The van der Waals surface area contributed by atoms with Crippen molar-refractivity contribution in [1.82, 2.24) is 0 Å². The van der Waals surface area contributed by atoms with Gasteiger partial charge in [-0.3, -0.25) is 9.32 Å². The lowest BCUT2D eigenvalue weighted by atomic mass is 10.0. The third-order valence-electron chi connectivity index (χ3n) is 9.54. The Morgan fingerprint density at radius 1 is 0.348 bits per heavy atom. The number of rotatable bonds is 40. The second-order valence-corrected chi connectivity index (χ2v) is 15.4. The molecule has 0 spiro atoms. The zero-order valence-corrected chi connectivity index (χ0v) is 31.3. The van der Waals surface area contributed by atoms with Crippen molar-refractivity contribution in [3.05, 3.63) is 0 Å². The SMILES string of the molecule is O=C(O)CCCCCCCCCCCCCCCCCCCCCCCCCCCCCCCCCCCCCCOP(=O)(O)O. The predicted octanol–water partition coefficient (Wildman–Crippen LogP) is 13.6. The Bertz CT molecular complexity index is 652. The van der Waals surface area contributed by atoms with Crippen LogP contribution in [0, 0.1) is 0 Å². The second-order valence-electron chi connectivity index (χ2n) is 14.2. The van der Waals surface area contributed by atoms with Crippen molar-refractivity contribution in [2.24, 2.45) is 0 Å². The lowest BCUT2D eigenvalue weighted by Gasteiger charge is -2.05. The van der Waals surface area contributed by atoms with Gasteiger partial charge in [-0.05, 0) is 12.8 Å². The molecule has 3 N–H and O–H groups in total. The smallest absolute Gasteiger partial charge is 0.469 e. The number of hydrogen-bond donors (Lipinski definition) is 3. The van der Waals surface area contributed by atoms with E-state index in [2.05, 4.69) is 4.52 Å². The Hall–Kier alpha value is -0.420. The van der Waals surface area contributed by atoms with Gasteiger partial charge in [0.05, 0.1) is 6.61 Å². The van der Waals surface area contributed by atoms with Crippen molar-refractivity contribution in [3.63, 3.8) is 0 Å². The molecule has 0 unspecified atom stereocenters. The van der Waals surface area contributed by atoms with Crippen LogP contribution >= 0.6 is 7.82 Å². The van der Waals surface area contributed by atoms with Crippen LogP contribution in [-0.4, -0.2) is 27.5 Å². The average Bonchev–Trinajstić information content (AvgIpc) is 3.01. The Labute approximate surface area is 286 Å². The van der Waals surface area contributed by atoms with Gasteiger partial charge in [0, 0.05) is 6.42 Å². The van der Waals surface area contributed by atoms with E-state index in [0.717, 1.165) is 32.1 Å². The van der Waals surface area contributed by atoms with E-state index < -0.39 is 13.8 Å². The van der Waals surface area contributed by atoms with E-state index in [1.54, 1.807) is 0 Å². The van der Waals surface area contributed by atoms with E-state index in [1.807, 2.05) is 0 Å². The van der Waals surface area contributed by atoms with Crippen LogP contribution in [0.5, 0.6) is 0 Å². The Balaban J connectivity index is 3.06. The standard InChI is InChI=1S/C39H79O6P/c40-39(41)37-35-33-31-29-27-25-23-21-19-17-15-13-11-9-7-5-3-1-2-4-6-8-10-12-14-16-18-20-22-24-26-28-30-32-34-36-38-45-46(42,43)44/h1-38H2,(H,40,41)(H2,42,43,44). The maximum Gasteiger partial charge on any atom is 0.469 e. The highest BCUT2D eigenvalue weighted by Gasteiger charge is 2.12. The van der Waals surface area contributed by atoms with E-state index in [1.165, 1.54) is 199 Å². The molecule has 0 bridgehead atoms. The highest BCUT2D eigenvalue weighted by molar-refractivity contribution is 7.46. The number of carbonyl (C=O) groups is 1. The topological polar surface area (TPSA) is 104 Å². The van der Waals surface area contributed by atoms with Crippen molar-refractivity contribution in [2.75, 3.05) is 6.61 Å². The molecule has 6 nitrogen and oxygen atoms in total. The van der Waals surface area contributed by atoms with E-state index >= 15 is 0 Å². The summed E-state index contributed by atoms with van der Waals surface area (Å²) in [5.41, 5.74) is 0. The van der Waals surface area contributed by atoms with Gasteiger partial charge in [-0.2, -0.15) is 0 Å². The van der Waals surface area contributed by atoms with Gasteiger partial charge in [0.1, 0.15) is 0 Å². The molecule has 0 saturated heterocycles. The third kappa shape index (κ3) is 43.6. The molecule has 0 aliphatic rings. The minimum Gasteiger partial charge on any atom is -0.481 e. The summed E-state index contributed by atoms with van der Waals surface area (Å²) >= 11 is 0. The summed E-state index contributed by atoms with van der Waals surface area (Å²) in [5, 5.41) is 8.64. The van der Waals surface area contributed by atoms with Gasteiger partial charge in [0.25, 0.3) is 0 Å². The molecule has 7 heteroatoms. The fraction of sp³-hybridized carbons (Fsp3) is 0.974. The van der Waals surface area contributed by atoms with Gasteiger partial charge in [0.15, 0.2) is 0 Å². The molecule has 0 heterocycles. The predicted molar refractivity (Wildman–Crippen MR) is 196 cm³/mol. The van der Waals surface area contributed by atoms with Crippen LogP contribution in [0.4, 0.5) is 0 Å². The Kier molecular flexibility index (Phi) is 37.1. The lowest BCUT2D eigenvalue weighted by Crippen LogP contribution is -1.93. The van der Waals surface area contributed by atoms with Gasteiger partial charge in [0.2, 0.25) is 0 Å². The number of phosphoric ester groups is 1. The van der Waals surface area contributed by atoms with Crippen LogP contribution in [-0.2, 0) is 13.9 Å². The zero-order chi connectivity index (χ0) is 33.7. The summed E-state index contributed by atoms with van der Waals surface area (Å²) in [5.74, 6) is -0.655. The molecule has 0 fully saturated rings. The van der Waals surface area contributed by atoms with Gasteiger partial charge in [-0.15, -0.1) is 0 Å². The maximum atomic E-state index is 10.6. The first-order valence-corrected chi connectivity index (χ1v) is 21.9. The van der Waals surface area contributed by atoms with Crippen LogP contribution < -0.4 is 0 Å². The molecule has 0 aliphatic carbocycles. The molecule has 0 aliphatic heterocycles. The molecule has 46 heavy (non-hydrogen) atoms. The molecule has 0 aromatic rings. The highest BCUT2D eigenvalue weighted by Crippen LogP contribution is 2.35. The number of carboxylic acids is 1. The van der Waals surface area contributed by atoms with Gasteiger partial charge in [-0.25, -0.2) is 4.57 Å². The van der Waals surface area contributed by atoms with Crippen LogP contribution in [0.15, 0.2) is 0 Å². The Morgan fingerprint density at radius 2 is 0.522 bits per heavy atom. The van der Waals surface area contributed by atoms with E-state index in [4.69, 9.17) is 14.9 Å². The third-order valence-corrected chi connectivity index (χ3v) is 10.1. The molecule has 0 saturated carbocycles. The largest absolute Gasteiger partial charge is 0.481 e. The summed E-state index contributed by atoms with van der Waals surface area (Å²) < 4.78 is 15.1. The fourth-order valence-corrected chi connectivity index (χ4v) is 6.94. The zero-order valence-electron chi connectivity index (χ0n) is 30.4. The van der Waals surface area contributed by atoms with E-state index in [9.17, 15) is 9.36 Å². The summed E-state index contributed by atoms with van der Waals surface area (Å²) in [7, 11) is -4.28. The first-order valence-electron chi connectivity index (χ1n) is 20.3. The molecule has 0 rings (SSSR count). The monoisotopic (exact) mass is 675 g/mol. The molecule has 0 aromatic heterocycles. The van der Waals surface area contributed by atoms with Crippen molar-refractivity contribution in [2.45, 2.75) is 238 Å². The van der Waals surface area contributed by atoms with Crippen LogP contribution in [0.1, 0.15) is 238 Å². The van der Waals surface area contributed by atoms with Gasteiger partial charge in [-0.1, -0.05) is 218 Å². The summed E-state index contributed by atoms with van der Waals surface area (Å²) in [6, 6.07) is 0. The van der Waals surface area contributed by atoms with Crippen molar-refractivity contribution in [3.8, 4) is 0 Å². The minimum atomic E-state index is -4.28. The van der Waals surface area contributed by atoms with E-state index in [0.29, 0.717) is 6.42 Å². The summed E-state index contributed by atoms with van der Waals surface area (Å²) in [4.78, 5) is 27.8. The molecule has 0 aromatic carbocycles. The number of carboxylic acid groups (broad SMARTS) is 1. The highest BCUT2D eigenvalue weighted by atomic mass is 31.2. The first kappa shape index (κ1) is 45.6. The lowest BCUT2D eigenvalue weighted by molar-refractivity contribution is -0.137. The van der Waals surface area contributed by atoms with Crippen LogP contribution in [0.25, 0.3) is 0 Å². The second kappa shape index (κ2) is 37.4. The number of phosphoric acid groups is 1. The number of hydrogen-bond acceptors (Lipinski definition) is 3. The molecule has 0 atom stereocenters. The molecule has 0 amide bonds. The molecule has 0 radical (unpaired) electrons. The van der Waals surface area contributed by atoms with E-state index in [-0.39, 0.29) is 6.61 Å². The molecular formula is C39H79O6P. The molecule has 276 valence electrons.